The normalized spacial score (nSPS) is 23.7. The lowest BCUT2D eigenvalue weighted by Crippen LogP contribution is -2.15. The number of carbonyl (C=O) groups is 1. The zero-order valence-electron chi connectivity index (χ0n) is 9.93. The second-order valence-electron chi connectivity index (χ2n) is 4.30. The highest BCUT2D eigenvalue weighted by molar-refractivity contribution is 5.75. The van der Waals surface area contributed by atoms with Gasteiger partial charge in [-0.1, -0.05) is 12.2 Å². The molecule has 16 heavy (non-hydrogen) atoms. The number of aryl methyl sites for hydroxylation is 2. The number of allylic oxidation sites excluding steroid dienone is 1. The van der Waals surface area contributed by atoms with Gasteiger partial charge in [0.15, 0.2) is 0 Å². The Morgan fingerprint density at radius 2 is 1.94 bits per heavy atom. The molecular formula is C13H17NO2. The zero-order chi connectivity index (χ0) is 11.7. The third-order valence-electron chi connectivity index (χ3n) is 3.22. The van der Waals surface area contributed by atoms with Crippen molar-refractivity contribution >= 4 is 5.97 Å². The molecule has 2 rings (SSSR count). The summed E-state index contributed by atoms with van der Waals surface area (Å²) in [6, 6.07) is 4.50. The summed E-state index contributed by atoms with van der Waals surface area (Å²) in [7, 11) is 1.44. The molecule has 0 amide bonds. The van der Waals surface area contributed by atoms with E-state index in [1.165, 1.54) is 18.5 Å². The average Bonchev–Trinajstić information content (AvgIpc) is 2.85. The molecule has 0 bridgehead atoms. The molecule has 0 N–H and O–H groups in total. The lowest BCUT2D eigenvalue weighted by molar-refractivity contribution is -0.143. The SMILES string of the molecule is COC(=O)C1C=CC(n2c(C)ccc2C)C1. The van der Waals surface area contributed by atoms with E-state index in [9.17, 15) is 4.79 Å². The molecule has 1 aliphatic rings. The Balaban J connectivity index is 2.16. The molecule has 0 fully saturated rings. The Kier molecular flexibility index (Phi) is 2.86. The van der Waals surface area contributed by atoms with E-state index in [0.29, 0.717) is 6.04 Å². The number of aromatic nitrogens is 1. The van der Waals surface area contributed by atoms with Gasteiger partial charge in [0.05, 0.1) is 19.1 Å². The molecule has 1 aromatic heterocycles. The van der Waals surface area contributed by atoms with E-state index in [4.69, 9.17) is 4.74 Å². The first-order chi connectivity index (χ1) is 7.63. The summed E-state index contributed by atoms with van der Waals surface area (Å²) in [5, 5.41) is 0. The number of methoxy groups -OCH3 is 1. The minimum Gasteiger partial charge on any atom is -0.469 e. The predicted molar refractivity (Wildman–Crippen MR) is 62.2 cm³/mol. The van der Waals surface area contributed by atoms with Crippen molar-refractivity contribution in [2.45, 2.75) is 26.3 Å². The highest BCUT2D eigenvalue weighted by atomic mass is 16.5. The third kappa shape index (κ3) is 1.77. The number of ether oxygens (including phenoxy) is 1. The van der Waals surface area contributed by atoms with Gasteiger partial charge >= 0.3 is 5.97 Å². The molecule has 3 nitrogen and oxygen atoms in total. The number of nitrogens with zero attached hydrogens (tertiary/aromatic N) is 1. The number of esters is 1. The predicted octanol–water partition coefficient (Wildman–Crippen LogP) is 2.40. The van der Waals surface area contributed by atoms with E-state index in [2.05, 4.69) is 36.6 Å². The lowest BCUT2D eigenvalue weighted by Gasteiger charge is -2.17. The maximum absolute atomic E-state index is 11.4. The first kappa shape index (κ1) is 11.0. The molecule has 1 aliphatic carbocycles. The van der Waals surface area contributed by atoms with Gasteiger partial charge in [-0.3, -0.25) is 4.79 Å². The standard InChI is InChI=1S/C13H17NO2/c1-9-4-5-10(2)14(9)12-7-6-11(8-12)13(15)16-3/h4-7,11-12H,8H2,1-3H3. The van der Waals surface area contributed by atoms with Crippen molar-refractivity contribution in [2.75, 3.05) is 7.11 Å². The first-order valence-electron chi connectivity index (χ1n) is 5.54. The molecular weight excluding hydrogens is 202 g/mol. The van der Waals surface area contributed by atoms with Crippen LogP contribution in [0.15, 0.2) is 24.3 Å². The molecule has 1 aromatic rings. The van der Waals surface area contributed by atoms with Crippen LogP contribution in [0.2, 0.25) is 0 Å². The summed E-state index contributed by atoms with van der Waals surface area (Å²) < 4.78 is 7.02. The van der Waals surface area contributed by atoms with Gasteiger partial charge in [0.25, 0.3) is 0 Å². The van der Waals surface area contributed by atoms with Crippen molar-refractivity contribution in [2.24, 2.45) is 5.92 Å². The van der Waals surface area contributed by atoms with Crippen molar-refractivity contribution in [3.63, 3.8) is 0 Å². The van der Waals surface area contributed by atoms with Crippen LogP contribution in [0.4, 0.5) is 0 Å². The van der Waals surface area contributed by atoms with E-state index in [-0.39, 0.29) is 11.9 Å². The van der Waals surface area contributed by atoms with E-state index >= 15 is 0 Å². The highest BCUT2D eigenvalue weighted by Crippen LogP contribution is 2.31. The van der Waals surface area contributed by atoms with E-state index < -0.39 is 0 Å². The van der Waals surface area contributed by atoms with Crippen LogP contribution >= 0.6 is 0 Å². The Bertz CT molecular complexity index is 412. The van der Waals surface area contributed by atoms with Gasteiger partial charge in [-0.05, 0) is 32.4 Å². The van der Waals surface area contributed by atoms with Gasteiger partial charge in [0, 0.05) is 11.4 Å². The molecule has 2 unspecified atom stereocenters. The third-order valence-corrected chi connectivity index (χ3v) is 3.22. The van der Waals surface area contributed by atoms with Crippen molar-refractivity contribution in [3.8, 4) is 0 Å². The first-order valence-corrected chi connectivity index (χ1v) is 5.54. The number of rotatable bonds is 2. The number of hydrogen-bond donors (Lipinski definition) is 0. The van der Waals surface area contributed by atoms with E-state index in [1.54, 1.807) is 0 Å². The topological polar surface area (TPSA) is 31.2 Å². The Hall–Kier alpha value is -1.51. The average molecular weight is 219 g/mol. The molecule has 1 heterocycles. The van der Waals surface area contributed by atoms with E-state index in [0.717, 1.165) is 6.42 Å². The van der Waals surface area contributed by atoms with E-state index in [1.807, 2.05) is 6.08 Å². The smallest absolute Gasteiger partial charge is 0.312 e. The van der Waals surface area contributed by atoms with Crippen LogP contribution in [0, 0.1) is 19.8 Å². The van der Waals surface area contributed by atoms with Gasteiger partial charge in [0.1, 0.15) is 0 Å². The van der Waals surface area contributed by atoms with Crippen LogP contribution in [0.5, 0.6) is 0 Å². The minimum absolute atomic E-state index is 0.0869. The lowest BCUT2D eigenvalue weighted by atomic mass is 10.1. The molecule has 0 spiro atoms. The maximum Gasteiger partial charge on any atom is 0.312 e. The minimum atomic E-state index is -0.138. The van der Waals surface area contributed by atoms with Crippen LogP contribution in [0.1, 0.15) is 23.9 Å². The van der Waals surface area contributed by atoms with Crippen molar-refractivity contribution in [3.05, 3.63) is 35.7 Å². The second-order valence-corrected chi connectivity index (χ2v) is 4.30. The van der Waals surface area contributed by atoms with Gasteiger partial charge in [0.2, 0.25) is 0 Å². The van der Waals surface area contributed by atoms with Crippen LogP contribution in [-0.4, -0.2) is 17.6 Å². The van der Waals surface area contributed by atoms with Gasteiger partial charge < -0.3 is 9.30 Å². The molecule has 86 valence electrons. The molecule has 0 radical (unpaired) electrons. The summed E-state index contributed by atoms with van der Waals surface area (Å²) in [5.41, 5.74) is 2.47. The summed E-state index contributed by atoms with van der Waals surface area (Å²) in [5.74, 6) is -0.225. The van der Waals surface area contributed by atoms with Crippen molar-refractivity contribution < 1.29 is 9.53 Å². The summed E-state index contributed by atoms with van der Waals surface area (Å²) >= 11 is 0. The van der Waals surface area contributed by atoms with Gasteiger partial charge in [-0.2, -0.15) is 0 Å². The Morgan fingerprint density at radius 1 is 1.31 bits per heavy atom. The molecule has 0 saturated carbocycles. The Labute approximate surface area is 95.7 Å². The van der Waals surface area contributed by atoms with Crippen molar-refractivity contribution in [1.82, 2.24) is 4.57 Å². The van der Waals surface area contributed by atoms with Crippen LogP contribution < -0.4 is 0 Å². The highest BCUT2D eigenvalue weighted by Gasteiger charge is 2.27. The van der Waals surface area contributed by atoms with Gasteiger partial charge in [-0.25, -0.2) is 0 Å². The molecule has 0 saturated heterocycles. The quantitative estimate of drug-likeness (QED) is 0.565. The molecule has 2 atom stereocenters. The molecule has 0 aliphatic heterocycles. The van der Waals surface area contributed by atoms with Gasteiger partial charge in [-0.15, -0.1) is 0 Å². The summed E-state index contributed by atoms with van der Waals surface area (Å²) in [6.07, 6.45) is 4.86. The second kappa shape index (κ2) is 4.16. The number of carbonyl (C=O) groups excluding carboxylic acids is 1. The monoisotopic (exact) mass is 219 g/mol. The fraction of sp³-hybridized carbons (Fsp3) is 0.462. The fourth-order valence-corrected chi connectivity index (χ4v) is 2.40. The Morgan fingerprint density at radius 3 is 2.50 bits per heavy atom. The number of hydrogen-bond acceptors (Lipinski definition) is 2. The molecule has 3 heteroatoms. The maximum atomic E-state index is 11.4. The van der Waals surface area contributed by atoms with Crippen LogP contribution in [0.3, 0.4) is 0 Å². The van der Waals surface area contributed by atoms with Crippen LogP contribution in [-0.2, 0) is 9.53 Å². The summed E-state index contributed by atoms with van der Waals surface area (Å²) in [6.45, 7) is 4.18. The largest absolute Gasteiger partial charge is 0.469 e. The fourth-order valence-electron chi connectivity index (χ4n) is 2.40. The molecule has 0 aromatic carbocycles. The van der Waals surface area contributed by atoms with Crippen molar-refractivity contribution in [1.29, 1.82) is 0 Å². The summed E-state index contributed by atoms with van der Waals surface area (Å²) in [4.78, 5) is 11.4. The zero-order valence-corrected chi connectivity index (χ0v) is 9.93. The van der Waals surface area contributed by atoms with Crippen LogP contribution in [0.25, 0.3) is 0 Å².